The van der Waals surface area contributed by atoms with E-state index in [1.165, 1.54) is 0 Å². The summed E-state index contributed by atoms with van der Waals surface area (Å²) in [5.74, 6) is -2.61. The van der Waals surface area contributed by atoms with Crippen molar-refractivity contribution in [3.05, 3.63) is 0 Å². The van der Waals surface area contributed by atoms with E-state index in [1.54, 1.807) is 0 Å². The van der Waals surface area contributed by atoms with Crippen LogP contribution in [0.15, 0.2) is 0 Å². The second kappa shape index (κ2) is 4.03. The van der Waals surface area contributed by atoms with Gasteiger partial charge in [0.15, 0.2) is 6.10 Å². The predicted octanol–water partition coefficient (Wildman–Crippen LogP) is -1.20. The first-order chi connectivity index (χ1) is 6.41. The van der Waals surface area contributed by atoms with Crippen molar-refractivity contribution in [1.29, 1.82) is 0 Å². The number of hydrogen-bond donors (Lipinski definition) is 2. The molecule has 2 unspecified atom stereocenters. The zero-order valence-corrected chi connectivity index (χ0v) is 7.38. The highest BCUT2D eigenvalue weighted by molar-refractivity contribution is 7.47. The molecule has 0 spiro atoms. The number of carbonyl (C=O) groups excluding carboxylic acids is 2. The van der Waals surface area contributed by atoms with Gasteiger partial charge in [0, 0.05) is 0 Å². The van der Waals surface area contributed by atoms with Crippen LogP contribution in [0, 0.1) is 0 Å². The van der Waals surface area contributed by atoms with Crippen LogP contribution in [0.2, 0.25) is 0 Å². The first-order valence-electron chi connectivity index (χ1n) is 3.21. The Bertz CT molecular complexity index is 297. The smallest absolute Gasteiger partial charge is 0.381 e. The topological polar surface area (TPSA) is 129 Å². The van der Waals surface area contributed by atoms with Crippen molar-refractivity contribution >= 4 is 19.8 Å². The number of aliphatic hydroxyl groups excluding tert-OH is 1. The molecule has 0 aromatic rings. The number of aliphatic hydroxyl groups is 1. The van der Waals surface area contributed by atoms with Gasteiger partial charge in [-0.15, -0.1) is 0 Å². The van der Waals surface area contributed by atoms with Crippen LogP contribution in [0.25, 0.3) is 0 Å². The van der Waals surface area contributed by atoms with Crippen molar-refractivity contribution in [2.75, 3.05) is 0 Å². The molecule has 0 aliphatic carbocycles. The molecule has 80 valence electrons. The Morgan fingerprint density at radius 2 is 1.86 bits per heavy atom. The highest BCUT2D eigenvalue weighted by Gasteiger charge is 2.34. The van der Waals surface area contributed by atoms with Gasteiger partial charge in [0.05, 0.1) is 6.42 Å². The zero-order valence-electron chi connectivity index (χ0n) is 6.48. The van der Waals surface area contributed by atoms with Gasteiger partial charge in [-0.05, 0) is 0 Å². The molecule has 10 heteroatoms. The molecule has 9 nitrogen and oxygen atoms in total. The Morgan fingerprint density at radius 1 is 1.29 bits per heavy atom. The number of phosphoric acid groups is 1. The van der Waals surface area contributed by atoms with Crippen LogP contribution in [0.5, 0.6) is 0 Å². The van der Waals surface area contributed by atoms with Crippen molar-refractivity contribution in [1.82, 2.24) is 0 Å². The SMILES string of the molecule is O=C1CC(O)C(=O)OOP(=O)(O)OO1. The minimum Gasteiger partial charge on any atom is -0.381 e. The van der Waals surface area contributed by atoms with E-state index in [2.05, 4.69) is 19.1 Å². The Balaban J connectivity index is 2.75. The van der Waals surface area contributed by atoms with Crippen LogP contribution in [-0.4, -0.2) is 28.0 Å². The van der Waals surface area contributed by atoms with Gasteiger partial charge < -0.3 is 5.11 Å². The van der Waals surface area contributed by atoms with Crippen LogP contribution in [-0.2, 0) is 33.3 Å². The summed E-state index contributed by atoms with van der Waals surface area (Å²) >= 11 is 0. The maximum absolute atomic E-state index is 10.7. The molecular weight excluding hydrogens is 223 g/mol. The van der Waals surface area contributed by atoms with E-state index in [-0.39, 0.29) is 0 Å². The van der Waals surface area contributed by atoms with Crippen molar-refractivity contribution in [2.24, 2.45) is 0 Å². The highest BCUT2D eigenvalue weighted by Crippen LogP contribution is 2.44. The maximum atomic E-state index is 10.7. The molecule has 14 heavy (non-hydrogen) atoms. The third-order valence-corrected chi connectivity index (χ3v) is 1.60. The van der Waals surface area contributed by atoms with E-state index in [0.29, 0.717) is 0 Å². The van der Waals surface area contributed by atoms with E-state index in [4.69, 9.17) is 10.00 Å². The summed E-state index contributed by atoms with van der Waals surface area (Å²) in [5.41, 5.74) is 0. The summed E-state index contributed by atoms with van der Waals surface area (Å²) in [6, 6.07) is 0. The second-order valence-electron chi connectivity index (χ2n) is 2.20. The van der Waals surface area contributed by atoms with Crippen molar-refractivity contribution < 1.29 is 43.3 Å². The number of rotatable bonds is 0. The zero-order chi connectivity index (χ0) is 10.8. The van der Waals surface area contributed by atoms with Gasteiger partial charge in [-0.25, -0.2) is 14.2 Å². The standard InChI is InChI=1S/C4H5O9P/c5-2-1-3(6)10-12-14(8,9)13-11-4(2)7/h2,5H,1H2,(H,8,9). The molecule has 0 saturated carbocycles. The molecule has 1 rings (SSSR count). The number of hydrogen-bond acceptors (Lipinski definition) is 8. The van der Waals surface area contributed by atoms with Crippen molar-refractivity contribution in [2.45, 2.75) is 12.5 Å². The van der Waals surface area contributed by atoms with E-state index in [0.717, 1.165) is 0 Å². The summed E-state index contributed by atoms with van der Waals surface area (Å²) in [7, 11) is -4.78. The van der Waals surface area contributed by atoms with E-state index >= 15 is 0 Å². The van der Waals surface area contributed by atoms with E-state index in [9.17, 15) is 14.2 Å². The summed E-state index contributed by atoms with van der Waals surface area (Å²) in [4.78, 5) is 37.3. The average molecular weight is 228 g/mol. The Morgan fingerprint density at radius 3 is 2.50 bits per heavy atom. The Kier molecular flexibility index (Phi) is 3.19. The van der Waals surface area contributed by atoms with Gasteiger partial charge in [0.1, 0.15) is 0 Å². The largest absolute Gasteiger partial charge is 0.544 e. The molecule has 0 aromatic heterocycles. The normalized spacial score (nSPS) is 34.9. The van der Waals surface area contributed by atoms with Crippen LogP contribution in [0.3, 0.4) is 0 Å². The van der Waals surface area contributed by atoms with Gasteiger partial charge in [-0.2, -0.15) is 0 Å². The predicted molar refractivity (Wildman–Crippen MR) is 34.8 cm³/mol. The van der Waals surface area contributed by atoms with Crippen molar-refractivity contribution in [3.8, 4) is 0 Å². The third kappa shape index (κ3) is 3.05. The Hall–Kier alpha value is -0.990. The molecule has 1 fully saturated rings. The number of carbonyl (C=O) groups is 2. The maximum Gasteiger partial charge on any atom is 0.544 e. The fourth-order valence-corrected chi connectivity index (χ4v) is 0.885. The summed E-state index contributed by atoms with van der Waals surface area (Å²) in [6.07, 6.45) is -2.62. The molecule has 1 heterocycles. The van der Waals surface area contributed by atoms with Crippen LogP contribution >= 0.6 is 7.82 Å². The van der Waals surface area contributed by atoms with E-state index < -0.39 is 32.3 Å². The monoisotopic (exact) mass is 228 g/mol. The van der Waals surface area contributed by atoms with Gasteiger partial charge in [0.2, 0.25) is 0 Å². The minimum absolute atomic E-state index is 0.776. The van der Waals surface area contributed by atoms with Gasteiger partial charge in [-0.3, -0.25) is 14.7 Å². The average Bonchev–Trinajstić information content (AvgIpc) is 2.13. The quantitative estimate of drug-likeness (QED) is 0.387. The molecule has 2 N–H and O–H groups in total. The lowest BCUT2D eigenvalue weighted by atomic mass is 10.3. The lowest BCUT2D eigenvalue weighted by Crippen LogP contribution is -2.25. The second-order valence-corrected chi connectivity index (χ2v) is 3.43. The van der Waals surface area contributed by atoms with Crippen LogP contribution in [0.4, 0.5) is 0 Å². The minimum atomic E-state index is -4.78. The molecule has 1 aliphatic heterocycles. The van der Waals surface area contributed by atoms with Crippen LogP contribution < -0.4 is 0 Å². The fraction of sp³-hybridized carbons (Fsp3) is 0.500. The third-order valence-electron chi connectivity index (χ3n) is 1.07. The lowest BCUT2D eigenvalue weighted by Gasteiger charge is -2.05. The van der Waals surface area contributed by atoms with Gasteiger partial charge in [-0.1, -0.05) is 9.35 Å². The first kappa shape index (κ1) is 11.1. The van der Waals surface area contributed by atoms with E-state index in [1.807, 2.05) is 0 Å². The molecule has 1 aliphatic rings. The molecule has 0 radical (unpaired) electrons. The molecule has 0 amide bonds. The lowest BCUT2D eigenvalue weighted by molar-refractivity contribution is -0.256. The Labute approximate surface area is 76.6 Å². The molecule has 0 bridgehead atoms. The molecular formula is C4H5O9P. The van der Waals surface area contributed by atoms with Crippen molar-refractivity contribution in [3.63, 3.8) is 0 Å². The van der Waals surface area contributed by atoms with Crippen LogP contribution in [0.1, 0.15) is 6.42 Å². The van der Waals surface area contributed by atoms with Gasteiger partial charge >= 0.3 is 19.8 Å². The van der Waals surface area contributed by atoms with Gasteiger partial charge in [0.25, 0.3) is 0 Å². The molecule has 2 atom stereocenters. The highest BCUT2D eigenvalue weighted by atomic mass is 31.2. The summed E-state index contributed by atoms with van der Waals surface area (Å²) in [6.45, 7) is 0. The molecule has 0 aromatic carbocycles. The first-order valence-corrected chi connectivity index (χ1v) is 4.70. The molecule has 1 saturated heterocycles. The summed E-state index contributed by atoms with van der Waals surface area (Å²) < 4.78 is 17.8. The fourth-order valence-electron chi connectivity index (χ4n) is 0.516. The summed E-state index contributed by atoms with van der Waals surface area (Å²) in [5, 5.41) is 8.87.